The van der Waals surface area contributed by atoms with Crippen molar-refractivity contribution in [1.29, 1.82) is 0 Å². The summed E-state index contributed by atoms with van der Waals surface area (Å²) in [6.45, 7) is 5.36. The van der Waals surface area contributed by atoms with Crippen molar-refractivity contribution in [1.82, 2.24) is 24.1 Å². The van der Waals surface area contributed by atoms with Crippen molar-refractivity contribution in [3.63, 3.8) is 0 Å². The molecule has 2 aromatic heterocycles. The van der Waals surface area contributed by atoms with Gasteiger partial charge in [-0.05, 0) is 75.5 Å². The summed E-state index contributed by atoms with van der Waals surface area (Å²) < 4.78 is 62.0. The summed E-state index contributed by atoms with van der Waals surface area (Å²) in [5, 5.41) is 5.52. The summed E-state index contributed by atoms with van der Waals surface area (Å²) in [6.07, 6.45) is 2.70. The number of imide groups is 1. The number of urea groups is 1. The minimum absolute atomic E-state index is 0.0465. The second-order valence-corrected chi connectivity index (χ2v) is 14.5. The van der Waals surface area contributed by atoms with E-state index in [0.29, 0.717) is 37.8 Å². The quantitative estimate of drug-likeness (QED) is 0.220. The topological polar surface area (TPSA) is 157 Å². The normalized spacial score (nSPS) is 17.4. The highest BCUT2D eigenvalue weighted by molar-refractivity contribution is 7.89. The summed E-state index contributed by atoms with van der Waals surface area (Å²) in [6, 6.07) is 13.5. The van der Waals surface area contributed by atoms with Crippen LogP contribution in [0.15, 0.2) is 84.0 Å². The molecule has 272 valence electrons. The minimum Gasteiger partial charge on any atom is -0.454 e. The molecule has 6 rings (SSSR count). The van der Waals surface area contributed by atoms with Gasteiger partial charge in [0.2, 0.25) is 21.8 Å². The van der Waals surface area contributed by atoms with E-state index < -0.39 is 45.4 Å². The van der Waals surface area contributed by atoms with Gasteiger partial charge in [0, 0.05) is 69.0 Å². The van der Waals surface area contributed by atoms with Gasteiger partial charge in [-0.3, -0.25) is 9.59 Å². The summed E-state index contributed by atoms with van der Waals surface area (Å²) in [5.41, 5.74) is 0.160. The summed E-state index contributed by atoms with van der Waals surface area (Å²) in [7, 11) is -1.74. The van der Waals surface area contributed by atoms with Crippen molar-refractivity contribution >= 4 is 50.9 Å². The molecule has 1 atom stereocenters. The standard InChI is InChI=1S/C35H36F2N8O6S/c1-22(2)44-21-28(34(47)45(35(44)48)25-7-4-23(36)5-8-25)33(46)40-24-6-10-30(29(37)18-24)51-26-12-13-38-32(19-26)41-31-11-9-27(20-39-31)52(49,50)43-16-14-42(3)15-17-43/h4-13,18-20,22,28H,14-17,21H2,1-3H3,(H,40,46)(H,38,39,41). The Morgan fingerprint density at radius 3 is 2.31 bits per heavy atom. The van der Waals surface area contributed by atoms with Crippen LogP contribution in [0.3, 0.4) is 0 Å². The van der Waals surface area contributed by atoms with Crippen LogP contribution in [0.1, 0.15) is 13.8 Å². The van der Waals surface area contributed by atoms with Gasteiger partial charge >= 0.3 is 6.03 Å². The van der Waals surface area contributed by atoms with E-state index in [1.807, 2.05) is 7.05 Å². The number of carbonyl (C=O) groups is 3. The van der Waals surface area contributed by atoms with Crippen LogP contribution in [0.5, 0.6) is 11.5 Å². The van der Waals surface area contributed by atoms with Crippen molar-refractivity contribution in [3.05, 3.63) is 90.8 Å². The number of nitrogens with zero attached hydrogens (tertiary/aromatic N) is 6. The maximum Gasteiger partial charge on any atom is 0.331 e. The molecule has 4 aromatic rings. The van der Waals surface area contributed by atoms with Crippen molar-refractivity contribution in [2.24, 2.45) is 5.92 Å². The molecule has 52 heavy (non-hydrogen) atoms. The third-order valence-corrected chi connectivity index (χ3v) is 10.5. The Balaban J connectivity index is 1.10. The lowest BCUT2D eigenvalue weighted by atomic mass is 10.0. The molecule has 2 N–H and O–H groups in total. The average Bonchev–Trinajstić information content (AvgIpc) is 3.11. The van der Waals surface area contributed by atoms with E-state index >= 15 is 4.39 Å². The molecule has 4 amide bonds. The molecule has 2 fully saturated rings. The zero-order chi connectivity index (χ0) is 37.2. The predicted molar refractivity (Wildman–Crippen MR) is 188 cm³/mol. The highest BCUT2D eigenvalue weighted by atomic mass is 32.2. The number of benzene rings is 2. The van der Waals surface area contributed by atoms with Gasteiger partial charge in [-0.15, -0.1) is 0 Å². The zero-order valence-electron chi connectivity index (χ0n) is 28.5. The van der Waals surface area contributed by atoms with Gasteiger partial charge < -0.3 is 25.2 Å². The lowest BCUT2D eigenvalue weighted by Crippen LogP contribution is -2.61. The Morgan fingerprint density at radius 1 is 0.923 bits per heavy atom. The van der Waals surface area contributed by atoms with E-state index in [1.165, 1.54) is 70.1 Å². The van der Waals surface area contributed by atoms with E-state index in [9.17, 15) is 27.2 Å². The highest BCUT2D eigenvalue weighted by Crippen LogP contribution is 2.30. The van der Waals surface area contributed by atoms with Gasteiger partial charge in [-0.25, -0.2) is 36.9 Å². The molecule has 2 saturated heterocycles. The number of aromatic nitrogens is 2. The molecule has 0 radical (unpaired) electrons. The first kappa shape index (κ1) is 36.3. The zero-order valence-corrected chi connectivity index (χ0v) is 29.3. The third-order valence-electron chi connectivity index (χ3n) is 8.61. The van der Waals surface area contributed by atoms with E-state index in [2.05, 4.69) is 25.5 Å². The number of anilines is 4. The van der Waals surface area contributed by atoms with Gasteiger partial charge in [-0.2, -0.15) is 4.31 Å². The fraction of sp³-hybridized carbons (Fsp3) is 0.286. The Kier molecular flexibility index (Phi) is 10.5. The number of piperazine rings is 1. The van der Waals surface area contributed by atoms with Crippen LogP contribution in [-0.4, -0.2) is 96.1 Å². The monoisotopic (exact) mass is 734 g/mol. The van der Waals surface area contributed by atoms with Crippen molar-refractivity contribution in [2.75, 3.05) is 55.3 Å². The first-order valence-electron chi connectivity index (χ1n) is 16.4. The fourth-order valence-electron chi connectivity index (χ4n) is 5.66. The van der Waals surface area contributed by atoms with E-state index in [1.54, 1.807) is 13.8 Å². The lowest BCUT2D eigenvalue weighted by Gasteiger charge is -2.39. The molecular formula is C35H36F2N8O6S. The second kappa shape index (κ2) is 15.0. The molecule has 4 heterocycles. The van der Waals surface area contributed by atoms with Gasteiger partial charge in [0.1, 0.15) is 34.0 Å². The van der Waals surface area contributed by atoms with Gasteiger partial charge in [0.15, 0.2) is 11.6 Å². The minimum atomic E-state index is -3.68. The summed E-state index contributed by atoms with van der Waals surface area (Å²) >= 11 is 0. The number of pyridine rings is 2. The molecule has 0 saturated carbocycles. The van der Waals surface area contributed by atoms with Gasteiger partial charge in [0.05, 0.1) is 5.69 Å². The summed E-state index contributed by atoms with van der Waals surface area (Å²) in [4.78, 5) is 52.7. The number of halogens is 2. The number of nitrogens with one attached hydrogen (secondary N) is 2. The molecule has 2 aromatic carbocycles. The van der Waals surface area contributed by atoms with Crippen LogP contribution >= 0.6 is 0 Å². The van der Waals surface area contributed by atoms with E-state index in [-0.39, 0.29) is 40.4 Å². The smallest absolute Gasteiger partial charge is 0.331 e. The number of rotatable bonds is 10. The van der Waals surface area contributed by atoms with Crippen molar-refractivity contribution in [3.8, 4) is 11.5 Å². The molecule has 2 aliphatic rings. The maximum absolute atomic E-state index is 15.2. The molecule has 17 heteroatoms. The SMILES string of the molecule is CC(C)N1CC(C(=O)Nc2ccc(Oc3ccnc(Nc4ccc(S(=O)(=O)N5CCN(C)CC5)cn4)c3)c(F)c2)C(=O)N(c2ccc(F)cc2)C1=O. The Labute approximate surface area is 299 Å². The first-order valence-corrected chi connectivity index (χ1v) is 17.8. The molecule has 0 bridgehead atoms. The molecular weight excluding hydrogens is 698 g/mol. The number of likely N-dealkylation sites (N-methyl/N-ethyl adjacent to an activating group) is 1. The highest BCUT2D eigenvalue weighted by Gasteiger charge is 2.44. The number of carbonyl (C=O) groups excluding carboxylic acids is 3. The molecule has 0 spiro atoms. The van der Waals surface area contributed by atoms with Gasteiger partial charge in [-0.1, -0.05) is 0 Å². The predicted octanol–water partition coefficient (Wildman–Crippen LogP) is 4.66. The second-order valence-electron chi connectivity index (χ2n) is 12.6. The van der Waals surface area contributed by atoms with E-state index in [0.717, 1.165) is 23.1 Å². The number of ether oxygens (including phenoxy) is 1. The average molecular weight is 735 g/mol. The number of amides is 4. The summed E-state index contributed by atoms with van der Waals surface area (Å²) in [5.74, 6) is -3.57. The molecule has 0 aliphatic carbocycles. The Hall–Kier alpha value is -5.52. The number of hydrogen-bond donors (Lipinski definition) is 2. The molecule has 2 aliphatic heterocycles. The Morgan fingerprint density at radius 2 is 1.65 bits per heavy atom. The fourth-order valence-corrected chi connectivity index (χ4v) is 7.03. The first-order chi connectivity index (χ1) is 24.8. The van der Waals surface area contributed by atoms with Gasteiger partial charge in [0.25, 0.3) is 0 Å². The maximum atomic E-state index is 15.2. The van der Waals surface area contributed by atoms with Crippen LogP contribution in [-0.2, 0) is 19.6 Å². The molecule has 14 nitrogen and oxygen atoms in total. The number of hydrogen-bond acceptors (Lipinski definition) is 10. The van der Waals surface area contributed by atoms with Crippen LogP contribution in [0.25, 0.3) is 0 Å². The number of sulfonamides is 1. The largest absolute Gasteiger partial charge is 0.454 e. The van der Waals surface area contributed by atoms with Crippen LogP contribution in [0.2, 0.25) is 0 Å². The third kappa shape index (κ3) is 7.85. The van der Waals surface area contributed by atoms with Crippen LogP contribution in [0.4, 0.5) is 36.6 Å². The van der Waals surface area contributed by atoms with Crippen LogP contribution < -0.4 is 20.3 Å². The lowest BCUT2D eigenvalue weighted by molar-refractivity contribution is -0.132. The van der Waals surface area contributed by atoms with Crippen molar-refractivity contribution in [2.45, 2.75) is 24.8 Å². The van der Waals surface area contributed by atoms with E-state index in [4.69, 9.17) is 4.74 Å². The Bertz CT molecular complexity index is 2080. The van der Waals surface area contributed by atoms with Crippen molar-refractivity contribution < 1.29 is 36.3 Å². The molecule has 1 unspecified atom stereocenters. The van der Waals surface area contributed by atoms with Crippen LogP contribution in [0, 0.1) is 17.6 Å².